The number of hydrogen-bond acceptors (Lipinski definition) is 3. The Labute approximate surface area is 122 Å². The van der Waals surface area contributed by atoms with Gasteiger partial charge in [-0.2, -0.15) is 0 Å². The van der Waals surface area contributed by atoms with Crippen LogP contribution >= 0.6 is 0 Å². The first-order valence-corrected chi connectivity index (χ1v) is 6.91. The second-order valence-electron chi connectivity index (χ2n) is 5.05. The standard InChI is InChI=1S/C18H14N2O/c19-18(16-10-5-11-21-16)17-12-6-1-3-8-14(12)20-15-9-4-2-7-13(15)17/h1-11,18H,19H2. The Morgan fingerprint density at radius 2 is 1.43 bits per heavy atom. The molecule has 0 aliphatic rings. The van der Waals surface area contributed by atoms with Gasteiger partial charge in [-0.3, -0.25) is 0 Å². The van der Waals surface area contributed by atoms with Crippen molar-refractivity contribution in [2.45, 2.75) is 6.04 Å². The van der Waals surface area contributed by atoms with Gasteiger partial charge in [0.15, 0.2) is 0 Å². The van der Waals surface area contributed by atoms with Gasteiger partial charge in [-0.1, -0.05) is 36.4 Å². The molecule has 2 aromatic heterocycles. The molecule has 1 unspecified atom stereocenters. The van der Waals surface area contributed by atoms with Gasteiger partial charge in [0.1, 0.15) is 5.76 Å². The van der Waals surface area contributed by atoms with Gasteiger partial charge in [-0.05, 0) is 29.8 Å². The molecule has 0 aliphatic carbocycles. The summed E-state index contributed by atoms with van der Waals surface area (Å²) in [6, 6.07) is 19.6. The van der Waals surface area contributed by atoms with Crippen LogP contribution in [-0.2, 0) is 0 Å². The summed E-state index contributed by atoms with van der Waals surface area (Å²) in [5.74, 6) is 0.761. The van der Waals surface area contributed by atoms with Crippen molar-refractivity contribution in [3.8, 4) is 0 Å². The summed E-state index contributed by atoms with van der Waals surface area (Å²) in [5, 5.41) is 2.14. The van der Waals surface area contributed by atoms with Gasteiger partial charge in [-0.25, -0.2) is 4.98 Å². The molecule has 0 spiro atoms. The highest BCUT2D eigenvalue weighted by Crippen LogP contribution is 2.32. The van der Waals surface area contributed by atoms with Crippen LogP contribution in [-0.4, -0.2) is 4.98 Å². The smallest absolute Gasteiger partial charge is 0.125 e. The summed E-state index contributed by atoms with van der Waals surface area (Å²) < 4.78 is 5.50. The molecule has 21 heavy (non-hydrogen) atoms. The van der Waals surface area contributed by atoms with Crippen molar-refractivity contribution in [1.29, 1.82) is 0 Å². The molecule has 0 saturated carbocycles. The van der Waals surface area contributed by atoms with Crippen LogP contribution in [0.15, 0.2) is 71.3 Å². The molecule has 2 aromatic carbocycles. The molecule has 1 atom stereocenters. The Bertz CT molecular complexity index is 859. The summed E-state index contributed by atoms with van der Waals surface area (Å²) in [7, 11) is 0. The third-order valence-electron chi connectivity index (χ3n) is 3.79. The molecule has 0 aliphatic heterocycles. The number of rotatable bonds is 2. The van der Waals surface area contributed by atoms with Gasteiger partial charge in [0.2, 0.25) is 0 Å². The van der Waals surface area contributed by atoms with Crippen molar-refractivity contribution in [3.63, 3.8) is 0 Å². The van der Waals surface area contributed by atoms with Gasteiger partial charge >= 0.3 is 0 Å². The lowest BCUT2D eigenvalue weighted by Crippen LogP contribution is -2.12. The molecular formula is C18H14N2O. The number of nitrogens with two attached hydrogens (primary N) is 1. The van der Waals surface area contributed by atoms with E-state index in [1.165, 1.54) is 0 Å². The van der Waals surface area contributed by atoms with E-state index in [2.05, 4.69) is 12.1 Å². The monoisotopic (exact) mass is 274 g/mol. The molecule has 3 heteroatoms. The van der Waals surface area contributed by atoms with Gasteiger partial charge in [0.25, 0.3) is 0 Å². The fourth-order valence-electron chi connectivity index (χ4n) is 2.82. The maximum atomic E-state index is 6.47. The lowest BCUT2D eigenvalue weighted by molar-refractivity contribution is 0.491. The SMILES string of the molecule is NC(c1ccco1)c1c2ccccc2nc2ccccc12. The Morgan fingerprint density at radius 1 is 0.810 bits per heavy atom. The van der Waals surface area contributed by atoms with Crippen molar-refractivity contribution < 1.29 is 4.42 Å². The highest BCUT2D eigenvalue weighted by atomic mass is 16.3. The first-order chi connectivity index (χ1) is 10.3. The van der Waals surface area contributed by atoms with Crippen molar-refractivity contribution in [2.24, 2.45) is 5.73 Å². The van der Waals surface area contributed by atoms with Gasteiger partial charge < -0.3 is 10.2 Å². The van der Waals surface area contributed by atoms with E-state index in [0.29, 0.717) is 0 Å². The maximum absolute atomic E-state index is 6.47. The van der Waals surface area contributed by atoms with Crippen LogP contribution in [0, 0.1) is 0 Å². The molecule has 4 rings (SSSR count). The Morgan fingerprint density at radius 3 is 2.00 bits per heavy atom. The van der Waals surface area contributed by atoms with E-state index in [1.54, 1.807) is 6.26 Å². The second-order valence-corrected chi connectivity index (χ2v) is 5.05. The number of nitrogens with zero attached hydrogens (tertiary/aromatic N) is 1. The van der Waals surface area contributed by atoms with Gasteiger partial charge in [-0.15, -0.1) is 0 Å². The minimum atomic E-state index is -0.308. The van der Waals surface area contributed by atoms with E-state index in [1.807, 2.05) is 48.5 Å². The predicted molar refractivity (Wildman–Crippen MR) is 84.0 cm³/mol. The summed E-state index contributed by atoms with van der Waals surface area (Å²) in [6.45, 7) is 0. The highest BCUT2D eigenvalue weighted by Gasteiger charge is 2.18. The van der Waals surface area contributed by atoms with E-state index < -0.39 is 0 Å². The quantitative estimate of drug-likeness (QED) is 0.561. The highest BCUT2D eigenvalue weighted by molar-refractivity contribution is 5.98. The minimum absolute atomic E-state index is 0.308. The van der Waals surface area contributed by atoms with Crippen LogP contribution in [0.1, 0.15) is 17.4 Å². The number of benzene rings is 2. The zero-order valence-electron chi connectivity index (χ0n) is 11.4. The van der Waals surface area contributed by atoms with E-state index in [9.17, 15) is 0 Å². The topological polar surface area (TPSA) is 52.0 Å². The van der Waals surface area contributed by atoms with Crippen LogP contribution in [0.3, 0.4) is 0 Å². The van der Waals surface area contributed by atoms with E-state index in [-0.39, 0.29) is 6.04 Å². The average Bonchev–Trinajstić information content (AvgIpc) is 3.06. The summed E-state index contributed by atoms with van der Waals surface area (Å²) in [5.41, 5.74) is 9.44. The zero-order valence-corrected chi connectivity index (χ0v) is 11.4. The predicted octanol–water partition coefficient (Wildman–Crippen LogP) is 4.03. The number of furan rings is 1. The molecule has 0 fully saturated rings. The van der Waals surface area contributed by atoms with Crippen molar-refractivity contribution in [3.05, 3.63) is 78.3 Å². The van der Waals surface area contributed by atoms with Crippen molar-refractivity contribution >= 4 is 21.8 Å². The molecule has 0 saturated heterocycles. The molecule has 0 bridgehead atoms. The Kier molecular flexibility index (Phi) is 2.72. The maximum Gasteiger partial charge on any atom is 0.125 e. The largest absolute Gasteiger partial charge is 0.467 e. The van der Waals surface area contributed by atoms with Crippen LogP contribution in [0.4, 0.5) is 0 Å². The molecule has 3 nitrogen and oxygen atoms in total. The number of aromatic nitrogens is 1. The first kappa shape index (κ1) is 12.1. The normalized spacial score (nSPS) is 12.8. The van der Waals surface area contributed by atoms with Crippen molar-refractivity contribution in [2.75, 3.05) is 0 Å². The lowest BCUT2D eigenvalue weighted by Gasteiger charge is -2.15. The van der Waals surface area contributed by atoms with Crippen LogP contribution < -0.4 is 5.73 Å². The Hall–Kier alpha value is -2.65. The number of pyridine rings is 1. The molecule has 0 radical (unpaired) electrons. The van der Waals surface area contributed by atoms with Gasteiger partial charge in [0, 0.05) is 10.8 Å². The summed E-state index contributed by atoms with van der Waals surface area (Å²) in [6.07, 6.45) is 1.65. The van der Waals surface area contributed by atoms with Crippen LogP contribution in [0.5, 0.6) is 0 Å². The molecular weight excluding hydrogens is 260 g/mol. The zero-order chi connectivity index (χ0) is 14.2. The third kappa shape index (κ3) is 1.90. The van der Waals surface area contributed by atoms with Crippen molar-refractivity contribution in [1.82, 2.24) is 4.98 Å². The van der Waals surface area contributed by atoms with E-state index in [4.69, 9.17) is 15.1 Å². The lowest BCUT2D eigenvalue weighted by atomic mass is 9.95. The average molecular weight is 274 g/mol. The molecule has 4 aromatic rings. The molecule has 2 N–H and O–H groups in total. The van der Waals surface area contributed by atoms with E-state index >= 15 is 0 Å². The fourth-order valence-corrected chi connectivity index (χ4v) is 2.82. The number of para-hydroxylation sites is 2. The van der Waals surface area contributed by atoms with Gasteiger partial charge in [0.05, 0.1) is 23.3 Å². The fraction of sp³-hybridized carbons (Fsp3) is 0.0556. The van der Waals surface area contributed by atoms with E-state index in [0.717, 1.165) is 33.1 Å². The summed E-state index contributed by atoms with van der Waals surface area (Å²) in [4.78, 5) is 4.72. The number of fused-ring (bicyclic) bond motifs is 2. The first-order valence-electron chi connectivity index (χ1n) is 6.91. The molecule has 102 valence electrons. The van der Waals surface area contributed by atoms with Crippen LogP contribution in [0.25, 0.3) is 21.8 Å². The second kappa shape index (κ2) is 4.72. The summed E-state index contributed by atoms with van der Waals surface area (Å²) >= 11 is 0. The minimum Gasteiger partial charge on any atom is -0.467 e. The van der Waals surface area contributed by atoms with Crippen LogP contribution in [0.2, 0.25) is 0 Å². The number of hydrogen-bond donors (Lipinski definition) is 1. The third-order valence-corrected chi connectivity index (χ3v) is 3.79. The molecule has 0 amide bonds. The Balaban J connectivity index is 2.11. The molecule has 2 heterocycles.